The van der Waals surface area contributed by atoms with Crippen LogP contribution in [0.5, 0.6) is 0 Å². The molecule has 2 fully saturated rings. The average Bonchev–Trinajstić information content (AvgIpc) is 3.17. The van der Waals surface area contributed by atoms with Crippen LogP contribution in [0, 0.1) is 23.7 Å². The molecule has 3 aliphatic rings. The van der Waals surface area contributed by atoms with E-state index in [9.17, 15) is 19.5 Å². The van der Waals surface area contributed by atoms with Crippen molar-refractivity contribution in [3.05, 3.63) is 53.1 Å². The Morgan fingerprint density at radius 1 is 1.04 bits per heavy atom. The number of amides is 2. The molecule has 2 aliphatic carbocycles. The summed E-state index contributed by atoms with van der Waals surface area (Å²) in [5, 5.41) is 11.0. The molecule has 1 saturated carbocycles. The number of aromatic carboxylic acids is 1. The van der Waals surface area contributed by atoms with Gasteiger partial charge >= 0.3 is 0 Å². The standard InChI is InChI=1S/C19H17NO4/c1-9(2)14-12-6-7-13(14)16-15(12)17(21)20(18(16)22)11-5-3-4-10(8-11)19(23)24/h3-8,12-13,15-16H,1-2H3,(H,23,24)/p-1/t12-,13-,15+,16+/m0/s1. The van der Waals surface area contributed by atoms with Gasteiger partial charge in [0.2, 0.25) is 11.8 Å². The monoisotopic (exact) mass is 322 g/mol. The zero-order chi connectivity index (χ0) is 17.2. The van der Waals surface area contributed by atoms with Gasteiger partial charge in [-0.05, 0) is 31.5 Å². The molecule has 1 aliphatic heterocycles. The molecule has 24 heavy (non-hydrogen) atoms. The van der Waals surface area contributed by atoms with Crippen molar-refractivity contribution in [2.45, 2.75) is 13.8 Å². The Labute approximate surface area is 139 Å². The van der Waals surface area contributed by atoms with E-state index in [2.05, 4.69) is 0 Å². The number of hydrogen-bond acceptors (Lipinski definition) is 4. The van der Waals surface area contributed by atoms with Crippen LogP contribution in [0.15, 0.2) is 47.6 Å². The molecule has 1 saturated heterocycles. The highest BCUT2D eigenvalue weighted by Gasteiger charge is 2.61. The number of anilines is 1. The van der Waals surface area contributed by atoms with Crippen molar-refractivity contribution in [3.8, 4) is 0 Å². The van der Waals surface area contributed by atoms with Crippen molar-refractivity contribution in [2.24, 2.45) is 23.7 Å². The molecule has 0 radical (unpaired) electrons. The van der Waals surface area contributed by atoms with Gasteiger partial charge in [0.15, 0.2) is 0 Å². The molecule has 4 rings (SSSR count). The number of rotatable bonds is 2. The van der Waals surface area contributed by atoms with Crippen LogP contribution >= 0.6 is 0 Å². The number of benzene rings is 1. The molecular formula is C19H16NO4-. The Morgan fingerprint density at radius 3 is 2.12 bits per heavy atom. The van der Waals surface area contributed by atoms with Crippen LogP contribution < -0.4 is 10.0 Å². The number of fused-ring (bicyclic) bond motifs is 5. The van der Waals surface area contributed by atoms with E-state index < -0.39 is 5.97 Å². The zero-order valence-corrected chi connectivity index (χ0v) is 13.4. The molecule has 0 unspecified atom stereocenters. The largest absolute Gasteiger partial charge is 0.545 e. The number of carboxylic acids is 1. The number of imide groups is 1. The Balaban J connectivity index is 1.76. The first kappa shape index (κ1) is 14.9. The summed E-state index contributed by atoms with van der Waals surface area (Å²) < 4.78 is 0. The van der Waals surface area contributed by atoms with E-state index in [1.165, 1.54) is 23.8 Å². The number of carbonyl (C=O) groups excluding carboxylic acids is 3. The summed E-state index contributed by atoms with van der Waals surface area (Å²) in [5.74, 6) is -2.59. The summed E-state index contributed by atoms with van der Waals surface area (Å²) in [5.41, 5.74) is 2.61. The summed E-state index contributed by atoms with van der Waals surface area (Å²) in [6, 6.07) is 5.81. The molecule has 5 nitrogen and oxygen atoms in total. The number of carboxylic acid groups (broad SMARTS) is 1. The van der Waals surface area contributed by atoms with Crippen LogP contribution in [0.2, 0.25) is 0 Å². The highest BCUT2D eigenvalue weighted by molar-refractivity contribution is 6.23. The lowest BCUT2D eigenvalue weighted by Crippen LogP contribution is -2.33. The van der Waals surface area contributed by atoms with Gasteiger partial charge in [0, 0.05) is 11.8 Å². The quantitative estimate of drug-likeness (QED) is 0.607. The van der Waals surface area contributed by atoms with Crippen molar-refractivity contribution >= 4 is 23.5 Å². The molecule has 1 heterocycles. The molecule has 122 valence electrons. The Hall–Kier alpha value is -2.69. The predicted molar refractivity (Wildman–Crippen MR) is 84.7 cm³/mol. The van der Waals surface area contributed by atoms with E-state index >= 15 is 0 Å². The SMILES string of the molecule is CC(C)=C1[C@@H]2C=C[C@@H]1[C@H]1C(=O)N(c3cccc(C(=O)[O-])c3)C(=O)[C@@H]12. The van der Waals surface area contributed by atoms with Gasteiger partial charge in [0.05, 0.1) is 23.5 Å². The molecule has 0 aromatic heterocycles. The third-order valence-electron chi connectivity index (χ3n) is 5.33. The van der Waals surface area contributed by atoms with Crippen molar-refractivity contribution in [2.75, 3.05) is 4.90 Å². The first-order valence-corrected chi connectivity index (χ1v) is 7.96. The van der Waals surface area contributed by atoms with Gasteiger partial charge in [-0.25, -0.2) is 4.90 Å². The van der Waals surface area contributed by atoms with Crippen molar-refractivity contribution < 1.29 is 19.5 Å². The van der Waals surface area contributed by atoms with Gasteiger partial charge in [0.1, 0.15) is 0 Å². The fourth-order valence-corrected chi connectivity index (χ4v) is 4.46. The second kappa shape index (κ2) is 4.90. The zero-order valence-electron chi connectivity index (χ0n) is 13.4. The fraction of sp³-hybridized carbons (Fsp3) is 0.316. The maximum atomic E-state index is 12.9. The normalized spacial score (nSPS) is 30.2. The summed E-state index contributed by atoms with van der Waals surface area (Å²) in [6.45, 7) is 4.03. The lowest BCUT2D eigenvalue weighted by atomic mass is 9.85. The third kappa shape index (κ3) is 1.78. The van der Waals surface area contributed by atoms with E-state index in [1.54, 1.807) is 6.07 Å². The number of allylic oxidation sites excluding steroid dienone is 4. The summed E-state index contributed by atoms with van der Waals surface area (Å²) in [7, 11) is 0. The summed E-state index contributed by atoms with van der Waals surface area (Å²) >= 11 is 0. The van der Waals surface area contributed by atoms with Gasteiger partial charge < -0.3 is 9.90 Å². The second-order valence-corrected chi connectivity index (χ2v) is 6.79. The van der Waals surface area contributed by atoms with Crippen molar-refractivity contribution in [3.63, 3.8) is 0 Å². The minimum absolute atomic E-state index is 0.0178. The van der Waals surface area contributed by atoms with Gasteiger partial charge in [-0.3, -0.25) is 9.59 Å². The van der Waals surface area contributed by atoms with E-state index in [0.717, 1.165) is 10.5 Å². The van der Waals surface area contributed by atoms with Crippen LogP contribution in [-0.2, 0) is 9.59 Å². The molecule has 4 atom stereocenters. The Morgan fingerprint density at radius 2 is 1.62 bits per heavy atom. The minimum Gasteiger partial charge on any atom is -0.545 e. The third-order valence-corrected chi connectivity index (χ3v) is 5.33. The van der Waals surface area contributed by atoms with Crippen LogP contribution in [0.4, 0.5) is 5.69 Å². The number of nitrogens with zero attached hydrogens (tertiary/aromatic N) is 1. The highest BCUT2D eigenvalue weighted by atomic mass is 16.4. The Bertz CT molecular complexity index is 813. The van der Waals surface area contributed by atoms with E-state index in [1.807, 2.05) is 26.0 Å². The lowest BCUT2D eigenvalue weighted by molar-refractivity contribution is -0.255. The van der Waals surface area contributed by atoms with Crippen LogP contribution in [0.3, 0.4) is 0 Å². The van der Waals surface area contributed by atoms with Gasteiger partial charge in [-0.1, -0.05) is 35.4 Å². The van der Waals surface area contributed by atoms with Gasteiger partial charge in [0.25, 0.3) is 0 Å². The van der Waals surface area contributed by atoms with Gasteiger partial charge in [-0.2, -0.15) is 0 Å². The molecule has 1 aromatic carbocycles. The van der Waals surface area contributed by atoms with Crippen LogP contribution in [0.1, 0.15) is 24.2 Å². The molecular weight excluding hydrogens is 306 g/mol. The summed E-state index contributed by atoms with van der Waals surface area (Å²) in [6.07, 6.45) is 4.06. The maximum Gasteiger partial charge on any atom is 0.238 e. The number of carbonyl (C=O) groups is 3. The second-order valence-electron chi connectivity index (χ2n) is 6.79. The van der Waals surface area contributed by atoms with E-state index in [4.69, 9.17) is 0 Å². The topological polar surface area (TPSA) is 77.5 Å². The summed E-state index contributed by atoms with van der Waals surface area (Å²) in [4.78, 5) is 38.0. The predicted octanol–water partition coefficient (Wildman–Crippen LogP) is 1.31. The number of hydrogen-bond donors (Lipinski definition) is 0. The minimum atomic E-state index is -1.33. The van der Waals surface area contributed by atoms with Crippen molar-refractivity contribution in [1.82, 2.24) is 0 Å². The van der Waals surface area contributed by atoms with E-state index in [0.29, 0.717) is 5.69 Å². The fourth-order valence-electron chi connectivity index (χ4n) is 4.46. The molecule has 2 amide bonds. The average molecular weight is 322 g/mol. The van der Waals surface area contributed by atoms with Crippen LogP contribution in [0.25, 0.3) is 0 Å². The van der Waals surface area contributed by atoms with Crippen molar-refractivity contribution in [1.29, 1.82) is 0 Å². The maximum absolute atomic E-state index is 12.9. The molecule has 5 heteroatoms. The smallest absolute Gasteiger partial charge is 0.238 e. The first-order chi connectivity index (χ1) is 11.4. The lowest BCUT2D eigenvalue weighted by Gasteiger charge is -2.20. The molecule has 1 aromatic rings. The highest BCUT2D eigenvalue weighted by Crippen LogP contribution is 2.57. The van der Waals surface area contributed by atoms with Gasteiger partial charge in [-0.15, -0.1) is 0 Å². The van der Waals surface area contributed by atoms with E-state index in [-0.39, 0.29) is 41.0 Å². The molecule has 0 N–H and O–H groups in total. The Kier molecular flexibility index (Phi) is 3.04. The molecule has 0 spiro atoms. The molecule has 2 bridgehead atoms. The first-order valence-electron chi connectivity index (χ1n) is 7.96. The van der Waals surface area contributed by atoms with Crippen LogP contribution in [-0.4, -0.2) is 17.8 Å².